The Bertz CT molecular complexity index is 514. The first-order chi connectivity index (χ1) is 8.54. The van der Waals surface area contributed by atoms with Crippen LogP contribution in [0.5, 0.6) is 0 Å². The number of aryl methyl sites for hydroxylation is 2. The van der Waals surface area contributed by atoms with Gasteiger partial charge >= 0.3 is 0 Å². The number of rotatable bonds is 3. The SMILES string of the molecule is Cc1nc(C)nc(C(C)Cc2ccc(N)cc2)n1. The molecule has 4 heteroatoms. The molecule has 4 nitrogen and oxygen atoms in total. The third-order valence-electron chi connectivity index (χ3n) is 2.84. The van der Waals surface area contributed by atoms with Gasteiger partial charge in [-0.3, -0.25) is 0 Å². The van der Waals surface area contributed by atoms with Crippen molar-refractivity contribution in [2.24, 2.45) is 0 Å². The number of hydrogen-bond acceptors (Lipinski definition) is 4. The molecule has 94 valence electrons. The van der Waals surface area contributed by atoms with Gasteiger partial charge < -0.3 is 5.73 Å². The van der Waals surface area contributed by atoms with Crippen LogP contribution in [0.25, 0.3) is 0 Å². The Morgan fingerprint density at radius 2 is 1.56 bits per heavy atom. The highest BCUT2D eigenvalue weighted by Crippen LogP contribution is 2.18. The molecule has 1 unspecified atom stereocenters. The second kappa shape index (κ2) is 5.12. The highest BCUT2D eigenvalue weighted by atomic mass is 15.0. The average Bonchev–Trinajstić information content (AvgIpc) is 2.31. The van der Waals surface area contributed by atoms with Crippen molar-refractivity contribution in [2.75, 3.05) is 5.73 Å². The lowest BCUT2D eigenvalue weighted by molar-refractivity contribution is 0.674. The van der Waals surface area contributed by atoms with E-state index in [9.17, 15) is 0 Å². The molecule has 1 heterocycles. The van der Waals surface area contributed by atoms with Gasteiger partial charge in [0.25, 0.3) is 0 Å². The zero-order chi connectivity index (χ0) is 13.1. The molecule has 0 amide bonds. The Kier molecular flexibility index (Phi) is 3.55. The number of nitrogens with zero attached hydrogens (tertiary/aromatic N) is 3. The quantitative estimate of drug-likeness (QED) is 0.839. The minimum Gasteiger partial charge on any atom is -0.399 e. The summed E-state index contributed by atoms with van der Waals surface area (Å²) >= 11 is 0. The van der Waals surface area contributed by atoms with Crippen LogP contribution >= 0.6 is 0 Å². The van der Waals surface area contributed by atoms with Crippen molar-refractivity contribution in [1.29, 1.82) is 0 Å². The number of benzene rings is 1. The Balaban J connectivity index is 2.16. The lowest BCUT2D eigenvalue weighted by atomic mass is 10.0. The van der Waals surface area contributed by atoms with Gasteiger partial charge in [-0.25, -0.2) is 15.0 Å². The Morgan fingerprint density at radius 3 is 2.11 bits per heavy atom. The maximum atomic E-state index is 5.68. The lowest BCUT2D eigenvalue weighted by Crippen LogP contribution is -2.08. The molecule has 1 atom stereocenters. The smallest absolute Gasteiger partial charge is 0.135 e. The predicted molar refractivity (Wildman–Crippen MR) is 72.3 cm³/mol. The van der Waals surface area contributed by atoms with Crippen LogP contribution in [0.4, 0.5) is 5.69 Å². The first-order valence-electron chi connectivity index (χ1n) is 6.08. The number of anilines is 1. The van der Waals surface area contributed by atoms with E-state index in [2.05, 4.69) is 21.9 Å². The summed E-state index contributed by atoms with van der Waals surface area (Å²) in [6.45, 7) is 5.92. The molecule has 0 aliphatic carbocycles. The third-order valence-corrected chi connectivity index (χ3v) is 2.84. The van der Waals surface area contributed by atoms with E-state index in [1.54, 1.807) is 0 Å². The fraction of sp³-hybridized carbons (Fsp3) is 0.357. The van der Waals surface area contributed by atoms with Crippen LogP contribution in [0.15, 0.2) is 24.3 Å². The van der Waals surface area contributed by atoms with Crippen molar-refractivity contribution in [3.05, 3.63) is 47.3 Å². The normalized spacial score (nSPS) is 12.4. The molecular formula is C14H18N4. The van der Waals surface area contributed by atoms with Gasteiger partial charge in [0.05, 0.1) is 0 Å². The molecule has 2 N–H and O–H groups in total. The summed E-state index contributed by atoms with van der Waals surface area (Å²) in [4.78, 5) is 13.0. The maximum absolute atomic E-state index is 5.68. The van der Waals surface area contributed by atoms with Gasteiger partial charge in [0.15, 0.2) is 0 Å². The zero-order valence-electron chi connectivity index (χ0n) is 11.0. The van der Waals surface area contributed by atoms with E-state index in [4.69, 9.17) is 5.73 Å². The molecule has 0 radical (unpaired) electrons. The zero-order valence-corrected chi connectivity index (χ0v) is 11.0. The van der Waals surface area contributed by atoms with Crippen molar-refractivity contribution in [1.82, 2.24) is 15.0 Å². The summed E-state index contributed by atoms with van der Waals surface area (Å²) in [7, 11) is 0. The fourth-order valence-corrected chi connectivity index (χ4v) is 1.96. The monoisotopic (exact) mass is 242 g/mol. The lowest BCUT2D eigenvalue weighted by Gasteiger charge is -2.11. The molecule has 0 aliphatic heterocycles. The van der Waals surface area contributed by atoms with Gasteiger partial charge in [-0.15, -0.1) is 0 Å². The molecule has 0 aliphatic rings. The Hall–Kier alpha value is -1.97. The molecule has 0 bridgehead atoms. The van der Waals surface area contributed by atoms with E-state index in [-0.39, 0.29) is 5.92 Å². The second-order valence-corrected chi connectivity index (χ2v) is 4.63. The maximum Gasteiger partial charge on any atom is 0.135 e. The van der Waals surface area contributed by atoms with E-state index < -0.39 is 0 Å². The van der Waals surface area contributed by atoms with Crippen LogP contribution in [0.3, 0.4) is 0 Å². The van der Waals surface area contributed by atoms with Crippen molar-refractivity contribution in [3.8, 4) is 0 Å². The first-order valence-corrected chi connectivity index (χ1v) is 6.08. The van der Waals surface area contributed by atoms with E-state index >= 15 is 0 Å². The summed E-state index contributed by atoms with van der Waals surface area (Å²) < 4.78 is 0. The Labute approximate surface area is 107 Å². The molecule has 18 heavy (non-hydrogen) atoms. The molecule has 1 aromatic carbocycles. The number of nitrogens with two attached hydrogens (primary N) is 1. The van der Waals surface area contributed by atoms with Crippen LogP contribution in [0.1, 0.15) is 35.9 Å². The molecule has 0 fully saturated rings. The van der Waals surface area contributed by atoms with Gasteiger partial charge in [-0.05, 0) is 38.0 Å². The highest BCUT2D eigenvalue weighted by Gasteiger charge is 2.11. The summed E-state index contributed by atoms with van der Waals surface area (Å²) in [6, 6.07) is 7.94. The van der Waals surface area contributed by atoms with E-state index in [1.807, 2.05) is 38.1 Å². The predicted octanol–water partition coefficient (Wildman–Crippen LogP) is 2.42. The van der Waals surface area contributed by atoms with Gasteiger partial charge in [0, 0.05) is 11.6 Å². The third kappa shape index (κ3) is 3.03. The molecule has 2 aromatic rings. The summed E-state index contributed by atoms with van der Waals surface area (Å²) in [5.74, 6) is 2.69. The minimum absolute atomic E-state index is 0.272. The fourth-order valence-electron chi connectivity index (χ4n) is 1.96. The molecule has 0 saturated carbocycles. The van der Waals surface area contributed by atoms with Crippen molar-refractivity contribution >= 4 is 5.69 Å². The minimum atomic E-state index is 0.272. The van der Waals surface area contributed by atoms with Crippen LogP contribution in [-0.4, -0.2) is 15.0 Å². The second-order valence-electron chi connectivity index (χ2n) is 4.63. The summed E-state index contributed by atoms with van der Waals surface area (Å²) in [6.07, 6.45) is 0.906. The first kappa shape index (κ1) is 12.5. The number of nitrogen functional groups attached to an aromatic ring is 1. The number of aromatic nitrogens is 3. The van der Waals surface area contributed by atoms with Crippen molar-refractivity contribution in [2.45, 2.75) is 33.1 Å². The standard InChI is InChI=1S/C14H18N4/c1-9(8-12-4-6-13(15)7-5-12)14-17-10(2)16-11(3)18-14/h4-7,9H,8,15H2,1-3H3. The molecule has 0 spiro atoms. The topological polar surface area (TPSA) is 64.7 Å². The van der Waals surface area contributed by atoms with Gasteiger partial charge in [-0.2, -0.15) is 0 Å². The number of hydrogen-bond donors (Lipinski definition) is 1. The molecule has 1 aromatic heterocycles. The molecule has 2 rings (SSSR count). The van der Waals surface area contributed by atoms with Crippen LogP contribution in [-0.2, 0) is 6.42 Å². The molecule has 0 saturated heterocycles. The van der Waals surface area contributed by atoms with E-state index in [0.717, 1.165) is 29.6 Å². The van der Waals surface area contributed by atoms with Crippen LogP contribution < -0.4 is 5.73 Å². The molecular weight excluding hydrogens is 224 g/mol. The van der Waals surface area contributed by atoms with Gasteiger partial charge in [0.2, 0.25) is 0 Å². The van der Waals surface area contributed by atoms with Gasteiger partial charge in [-0.1, -0.05) is 19.1 Å². The average molecular weight is 242 g/mol. The van der Waals surface area contributed by atoms with Crippen LogP contribution in [0, 0.1) is 13.8 Å². The van der Waals surface area contributed by atoms with E-state index in [1.165, 1.54) is 5.56 Å². The van der Waals surface area contributed by atoms with E-state index in [0.29, 0.717) is 0 Å². The largest absolute Gasteiger partial charge is 0.399 e. The van der Waals surface area contributed by atoms with Gasteiger partial charge in [0.1, 0.15) is 17.5 Å². The van der Waals surface area contributed by atoms with Crippen molar-refractivity contribution < 1.29 is 0 Å². The highest BCUT2D eigenvalue weighted by molar-refractivity contribution is 5.39. The Morgan fingerprint density at radius 1 is 1.00 bits per heavy atom. The summed E-state index contributed by atoms with van der Waals surface area (Å²) in [5, 5.41) is 0. The van der Waals surface area contributed by atoms with Crippen molar-refractivity contribution in [3.63, 3.8) is 0 Å². The summed E-state index contributed by atoms with van der Waals surface area (Å²) in [5.41, 5.74) is 7.71. The van der Waals surface area contributed by atoms with Crippen LogP contribution in [0.2, 0.25) is 0 Å².